The molecule has 2 aromatic rings. The summed E-state index contributed by atoms with van der Waals surface area (Å²) in [7, 11) is -4.15. The van der Waals surface area contributed by atoms with Crippen LogP contribution >= 0.6 is 0 Å². The maximum Gasteiger partial charge on any atom is 0.421 e. The van der Waals surface area contributed by atoms with E-state index in [9.17, 15) is 23.4 Å². The maximum atomic E-state index is 12.8. The molecule has 3 N–H and O–H groups in total. The molecule has 0 spiro atoms. The minimum absolute atomic E-state index is 0.0190. The fourth-order valence-corrected chi connectivity index (χ4v) is 11.4. The molecule has 0 radical (unpaired) electrons. The van der Waals surface area contributed by atoms with E-state index >= 15 is 0 Å². The molecule has 0 aromatic carbocycles. The van der Waals surface area contributed by atoms with Gasteiger partial charge in [0.25, 0.3) is 10.0 Å². The Bertz CT molecular complexity index is 1430. The van der Waals surface area contributed by atoms with Gasteiger partial charge in [0.15, 0.2) is 5.82 Å². The molecule has 242 valence electrons. The van der Waals surface area contributed by atoms with Crippen LogP contribution in [0.4, 0.5) is 4.79 Å². The summed E-state index contributed by atoms with van der Waals surface area (Å²) in [5.74, 6) is 2.48. The Balaban J connectivity index is 1.10. The first-order chi connectivity index (χ1) is 20.9. The van der Waals surface area contributed by atoms with E-state index < -0.39 is 16.1 Å². The van der Waals surface area contributed by atoms with Crippen LogP contribution in [0.1, 0.15) is 79.1 Å². The summed E-state index contributed by atoms with van der Waals surface area (Å²) in [6.45, 7) is 9.22. The van der Waals surface area contributed by atoms with E-state index in [0.29, 0.717) is 29.5 Å². The minimum Gasteiger partial charge on any atom is -0.449 e. The summed E-state index contributed by atoms with van der Waals surface area (Å²) in [5, 5.41) is 26.5. The highest BCUT2D eigenvalue weighted by Gasteiger charge is 2.64. The Morgan fingerprint density at radius 1 is 1.11 bits per heavy atom. The van der Waals surface area contributed by atoms with Crippen molar-refractivity contribution in [1.82, 2.24) is 19.5 Å². The van der Waals surface area contributed by atoms with Gasteiger partial charge in [-0.2, -0.15) is 5.10 Å². The molecule has 4 saturated carbocycles. The number of ether oxygens (including phenoxy) is 1. The Kier molecular flexibility index (Phi) is 8.37. The smallest absolute Gasteiger partial charge is 0.421 e. The fourth-order valence-electron chi connectivity index (χ4n) is 10.5. The van der Waals surface area contributed by atoms with Gasteiger partial charge in [0.2, 0.25) is 0 Å². The number of nitrogens with one attached hydrogen (secondary N) is 1. The zero-order chi connectivity index (χ0) is 31.4. The van der Waals surface area contributed by atoms with Crippen molar-refractivity contribution in [1.29, 1.82) is 0 Å². The molecule has 1 amide bonds. The van der Waals surface area contributed by atoms with E-state index in [0.717, 1.165) is 51.4 Å². The van der Waals surface area contributed by atoms with Crippen LogP contribution in [-0.4, -0.2) is 58.3 Å². The number of aromatic nitrogens is 3. The van der Waals surface area contributed by atoms with Gasteiger partial charge in [-0.05, 0) is 115 Å². The molecule has 10 nitrogen and oxygen atoms in total. The maximum absolute atomic E-state index is 12.8. The van der Waals surface area contributed by atoms with Crippen LogP contribution < -0.4 is 4.72 Å². The van der Waals surface area contributed by atoms with E-state index in [1.165, 1.54) is 23.0 Å². The average molecular weight is 629 g/mol. The quantitative estimate of drug-likeness (QED) is 0.391. The second-order valence-electron chi connectivity index (χ2n) is 14.6. The molecule has 4 fully saturated rings. The third kappa shape index (κ3) is 5.26. The molecule has 11 heteroatoms. The molecule has 4 aliphatic carbocycles. The number of nitrogens with zero attached hydrogens (tertiary/aromatic N) is 3. The largest absolute Gasteiger partial charge is 0.449 e. The lowest BCUT2D eigenvalue weighted by atomic mass is 9.41. The number of pyridine rings is 1. The number of fused-ring (bicyclic) bond motifs is 5. The normalized spacial score (nSPS) is 39.0. The van der Waals surface area contributed by atoms with Crippen molar-refractivity contribution >= 4 is 16.1 Å². The molecule has 6 rings (SSSR count). The molecule has 0 bridgehead atoms. The van der Waals surface area contributed by atoms with Crippen LogP contribution in [0.25, 0.3) is 5.82 Å². The first-order valence-electron chi connectivity index (χ1n) is 16.4. The predicted molar refractivity (Wildman–Crippen MR) is 164 cm³/mol. The number of aliphatic hydroxyl groups excluding tert-OH is 2. The number of aliphatic hydroxyl groups is 2. The van der Waals surface area contributed by atoms with Gasteiger partial charge in [-0.15, -0.1) is 0 Å². The molecule has 2 heterocycles. The fraction of sp³-hybridized carbons (Fsp3) is 0.727. The molecule has 2 aromatic heterocycles. The Morgan fingerprint density at radius 3 is 2.55 bits per heavy atom. The lowest BCUT2D eigenvalue weighted by molar-refractivity contribution is -0.203. The molecule has 44 heavy (non-hydrogen) atoms. The summed E-state index contributed by atoms with van der Waals surface area (Å²) < 4.78 is 34.7. The van der Waals surface area contributed by atoms with Crippen LogP contribution in [0.3, 0.4) is 0 Å². The lowest BCUT2D eigenvalue weighted by Crippen LogP contribution is -2.62. The molecular weight excluding hydrogens is 580 g/mol. The summed E-state index contributed by atoms with van der Waals surface area (Å²) in [5.41, 5.74) is 0.168. The van der Waals surface area contributed by atoms with E-state index in [1.54, 1.807) is 18.5 Å². The van der Waals surface area contributed by atoms with Gasteiger partial charge >= 0.3 is 6.09 Å². The topological polar surface area (TPSA) is 144 Å². The first-order valence-corrected chi connectivity index (χ1v) is 17.9. The Labute approximate surface area is 261 Å². The third-order valence-corrected chi connectivity index (χ3v) is 13.9. The zero-order valence-electron chi connectivity index (χ0n) is 26.3. The van der Waals surface area contributed by atoms with Gasteiger partial charge in [-0.3, -0.25) is 0 Å². The predicted octanol–water partition coefficient (Wildman–Crippen LogP) is 4.95. The second kappa shape index (κ2) is 11.7. The van der Waals surface area contributed by atoms with Crippen molar-refractivity contribution in [3.63, 3.8) is 0 Å². The Morgan fingerprint density at radius 2 is 1.86 bits per heavy atom. The third-order valence-electron chi connectivity index (χ3n) is 12.6. The highest BCUT2D eigenvalue weighted by molar-refractivity contribution is 7.90. The van der Waals surface area contributed by atoms with Crippen LogP contribution in [0.2, 0.25) is 0 Å². The molecule has 0 aliphatic heterocycles. The van der Waals surface area contributed by atoms with Crippen molar-refractivity contribution in [2.45, 2.75) is 96.2 Å². The van der Waals surface area contributed by atoms with Crippen LogP contribution in [0, 0.1) is 52.3 Å². The van der Waals surface area contributed by atoms with Crippen molar-refractivity contribution in [3.05, 3.63) is 36.8 Å². The van der Waals surface area contributed by atoms with Crippen LogP contribution in [-0.2, 0) is 14.8 Å². The standard InChI is InChI=1S/C33H48N4O6S/c1-5-23-27-17-21(38)11-13-33(27,4)26-12-14-32(3)24(8-9-25(32)29(26)30(23)39)20(2)19-43-31(40)36-44(41,42)22-7-10-28(34-18-22)37-16-6-15-35-37/h6-7,10,15-16,18,20-21,23-27,29-30,38-39H,5,8-9,11-14,17,19H2,1-4H3,(H,36,40)/t20-,21-,23-,24-,25+,26+,27+,29+,30-,32-,33-/m1/s1. The number of sulfonamides is 1. The van der Waals surface area contributed by atoms with Gasteiger partial charge in [-0.25, -0.2) is 27.6 Å². The summed E-state index contributed by atoms with van der Waals surface area (Å²) in [6, 6.07) is 4.63. The SMILES string of the molecule is CC[C@H]1[C@@H](O)[C@@H]2[C@H](CC[C@]3(C)[C@@H]([C@H](C)COC(=O)NS(=O)(=O)c4ccc(-n5cccn5)nc4)CC[C@@H]23)[C@@]2(C)CC[C@@H](O)C[C@@H]12. The van der Waals surface area contributed by atoms with E-state index in [2.05, 4.69) is 37.8 Å². The van der Waals surface area contributed by atoms with Crippen molar-refractivity contribution in [3.8, 4) is 5.82 Å². The van der Waals surface area contributed by atoms with Crippen molar-refractivity contribution in [2.75, 3.05) is 6.61 Å². The monoisotopic (exact) mass is 628 g/mol. The van der Waals surface area contributed by atoms with E-state index in [-0.39, 0.29) is 52.3 Å². The molecule has 4 aliphatic rings. The van der Waals surface area contributed by atoms with Gasteiger partial charge in [0.1, 0.15) is 4.90 Å². The molecule has 11 atom stereocenters. The number of carbonyl (C=O) groups is 1. The van der Waals surface area contributed by atoms with Crippen molar-refractivity contribution < 1.29 is 28.2 Å². The second-order valence-corrected chi connectivity index (χ2v) is 16.3. The number of amides is 1. The van der Waals surface area contributed by atoms with Gasteiger partial charge in [-0.1, -0.05) is 34.1 Å². The Hall–Kier alpha value is -2.50. The number of carbonyl (C=O) groups excluding carboxylic acids is 1. The average Bonchev–Trinajstić information content (AvgIpc) is 3.65. The lowest BCUT2D eigenvalue weighted by Gasteiger charge is -2.64. The van der Waals surface area contributed by atoms with Crippen molar-refractivity contribution in [2.24, 2.45) is 52.3 Å². The zero-order valence-corrected chi connectivity index (χ0v) is 27.1. The van der Waals surface area contributed by atoms with E-state index in [1.807, 2.05) is 4.72 Å². The number of rotatable bonds is 7. The summed E-state index contributed by atoms with van der Waals surface area (Å²) >= 11 is 0. The van der Waals surface area contributed by atoms with E-state index in [4.69, 9.17) is 4.74 Å². The van der Waals surface area contributed by atoms with Gasteiger partial charge in [0, 0.05) is 18.6 Å². The number of hydrogen-bond donors (Lipinski definition) is 3. The molecule has 0 saturated heterocycles. The first kappa shape index (κ1) is 31.5. The highest BCUT2D eigenvalue weighted by atomic mass is 32.2. The summed E-state index contributed by atoms with van der Waals surface area (Å²) in [4.78, 5) is 16.7. The number of hydrogen-bond acceptors (Lipinski definition) is 8. The van der Waals surface area contributed by atoms with Crippen LogP contribution in [0.5, 0.6) is 0 Å². The van der Waals surface area contributed by atoms with Gasteiger partial charge < -0.3 is 14.9 Å². The molecule has 0 unspecified atom stereocenters. The van der Waals surface area contributed by atoms with Gasteiger partial charge in [0.05, 0.1) is 18.8 Å². The molecular formula is C33H48N4O6S. The minimum atomic E-state index is -4.15. The highest BCUT2D eigenvalue weighted by Crippen LogP contribution is 2.69. The summed E-state index contributed by atoms with van der Waals surface area (Å²) in [6.07, 6.45) is 10.7. The van der Waals surface area contributed by atoms with Crippen LogP contribution in [0.15, 0.2) is 41.7 Å².